The first-order chi connectivity index (χ1) is 9.74. The molecule has 4 nitrogen and oxygen atoms in total. The topological polar surface area (TPSA) is 66.8 Å². The molecule has 0 aliphatic carbocycles. The first kappa shape index (κ1) is 14.2. The van der Waals surface area contributed by atoms with E-state index in [2.05, 4.69) is 0 Å². The number of rotatable bonds is 6. The van der Waals surface area contributed by atoms with Crippen molar-refractivity contribution in [3.63, 3.8) is 0 Å². The first-order valence-corrected chi connectivity index (χ1v) is 6.31. The third-order valence-electron chi connectivity index (χ3n) is 2.91. The van der Waals surface area contributed by atoms with Gasteiger partial charge in [-0.1, -0.05) is 36.4 Å². The zero-order valence-electron chi connectivity index (χ0n) is 10.9. The van der Waals surface area contributed by atoms with Crippen LogP contribution in [0.1, 0.15) is 10.4 Å². The largest absolute Gasteiger partial charge is 0.491 e. The molecule has 20 heavy (non-hydrogen) atoms. The van der Waals surface area contributed by atoms with E-state index >= 15 is 0 Å². The molecule has 1 unspecified atom stereocenters. The van der Waals surface area contributed by atoms with Crippen molar-refractivity contribution >= 4 is 6.29 Å². The molecule has 2 aromatic rings. The molecular weight excluding hydrogens is 256 g/mol. The third kappa shape index (κ3) is 3.44. The predicted octanol–water partition coefficient (Wildman–Crippen LogP) is 1.90. The van der Waals surface area contributed by atoms with E-state index in [4.69, 9.17) is 9.84 Å². The third-order valence-corrected chi connectivity index (χ3v) is 2.91. The fourth-order valence-electron chi connectivity index (χ4n) is 1.84. The standard InChI is InChI=1S/C16H16O4/c17-9-13-3-1-2-4-16(13)12-5-7-15(8-6-12)20-11-14(19)10-18/h1-9,14,18-19H,10-11H2. The van der Waals surface area contributed by atoms with Gasteiger partial charge in [0.2, 0.25) is 0 Å². The van der Waals surface area contributed by atoms with Gasteiger partial charge in [0.25, 0.3) is 0 Å². The Morgan fingerprint density at radius 3 is 2.45 bits per heavy atom. The van der Waals surface area contributed by atoms with Crippen LogP contribution < -0.4 is 4.74 Å². The van der Waals surface area contributed by atoms with E-state index in [1.54, 1.807) is 18.2 Å². The molecule has 104 valence electrons. The van der Waals surface area contributed by atoms with Gasteiger partial charge in [0.1, 0.15) is 18.5 Å². The molecule has 2 N–H and O–H groups in total. The fraction of sp³-hybridized carbons (Fsp3) is 0.188. The highest BCUT2D eigenvalue weighted by molar-refractivity contribution is 5.87. The maximum atomic E-state index is 11.0. The number of benzene rings is 2. The Morgan fingerprint density at radius 1 is 1.10 bits per heavy atom. The lowest BCUT2D eigenvalue weighted by atomic mass is 10.0. The van der Waals surface area contributed by atoms with Crippen molar-refractivity contribution in [1.29, 1.82) is 0 Å². The molecule has 0 amide bonds. The SMILES string of the molecule is O=Cc1ccccc1-c1ccc(OCC(O)CO)cc1. The van der Waals surface area contributed by atoms with Crippen molar-refractivity contribution in [2.24, 2.45) is 0 Å². The Hall–Kier alpha value is -2.17. The highest BCUT2D eigenvalue weighted by Gasteiger charge is 2.05. The molecule has 1 atom stereocenters. The molecule has 0 aliphatic rings. The molecule has 2 aromatic carbocycles. The summed E-state index contributed by atoms with van der Waals surface area (Å²) in [4.78, 5) is 11.0. The molecule has 0 spiro atoms. The number of hydrogen-bond acceptors (Lipinski definition) is 4. The molecule has 0 fully saturated rings. The molecule has 0 aliphatic heterocycles. The maximum Gasteiger partial charge on any atom is 0.150 e. The van der Waals surface area contributed by atoms with E-state index in [0.29, 0.717) is 11.3 Å². The van der Waals surface area contributed by atoms with Gasteiger partial charge in [-0.15, -0.1) is 0 Å². The Bertz CT molecular complexity index is 563. The second kappa shape index (κ2) is 6.84. The van der Waals surface area contributed by atoms with Gasteiger partial charge in [-0.25, -0.2) is 0 Å². The monoisotopic (exact) mass is 272 g/mol. The number of carbonyl (C=O) groups is 1. The van der Waals surface area contributed by atoms with Crippen LogP contribution >= 0.6 is 0 Å². The summed E-state index contributed by atoms with van der Waals surface area (Å²) < 4.78 is 5.33. The van der Waals surface area contributed by atoms with E-state index in [1.807, 2.05) is 30.3 Å². The zero-order chi connectivity index (χ0) is 14.4. The second-order valence-corrected chi connectivity index (χ2v) is 4.38. The van der Waals surface area contributed by atoms with Crippen molar-refractivity contribution in [3.05, 3.63) is 54.1 Å². The minimum absolute atomic E-state index is 0.0424. The molecule has 0 heterocycles. The molecule has 0 aromatic heterocycles. The minimum atomic E-state index is -0.884. The van der Waals surface area contributed by atoms with Crippen LogP contribution in [0.2, 0.25) is 0 Å². The van der Waals surface area contributed by atoms with Crippen molar-refractivity contribution in [1.82, 2.24) is 0 Å². The lowest BCUT2D eigenvalue weighted by molar-refractivity contribution is 0.0536. The lowest BCUT2D eigenvalue weighted by Crippen LogP contribution is -2.21. The molecule has 0 saturated carbocycles. The van der Waals surface area contributed by atoms with E-state index in [1.165, 1.54) is 0 Å². The summed E-state index contributed by atoms with van der Waals surface area (Å²) in [6.07, 6.45) is -0.0531. The highest BCUT2D eigenvalue weighted by atomic mass is 16.5. The number of ether oxygens (including phenoxy) is 1. The number of aliphatic hydroxyl groups excluding tert-OH is 2. The zero-order valence-corrected chi connectivity index (χ0v) is 10.9. The minimum Gasteiger partial charge on any atom is -0.491 e. The summed E-state index contributed by atoms with van der Waals surface area (Å²) in [7, 11) is 0. The maximum absolute atomic E-state index is 11.0. The summed E-state index contributed by atoms with van der Waals surface area (Å²) in [5.41, 5.74) is 2.42. The Balaban J connectivity index is 2.13. The Kier molecular flexibility index (Phi) is 4.87. The number of aliphatic hydroxyl groups is 2. The molecule has 0 bridgehead atoms. The van der Waals surface area contributed by atoms with Crippen LogP contribution in [0.3, 0.4) is 0 Å². The van der Waals surface area contributed by atoms with Gasteiger partial charge in [0, 0.05) is 5.56 Å². The van der Waals surface area contributed by atoms with E-state index in [-0.39, 0.29) is 13.2 Å². The van der Waals surface area contributed by atoms with Crippen molar-refractivity contribution in [2.75, 3.05) is 13.2 Å². The average molecular weight is 272 g/mol. The smallest absolute Gasteiger partial charge is 0.150 e. The predicted molar refractivity (Wildman–Crippen MR) is 75.9 cm³/mol. The summed E-state index contributed by atoms with van der Waals surface area (Å²) in [5.74, 6) is 0.602. The van der Waals surface area contributed by atoms with Gasteiger partial charge >= 0.3 is 0 Å². The van der Waals surface area contributed by atoms with Gasteiger partial charge in [-0.2, -0.15) is 0 Å². The van der Waals surface area contributed by atoms with E-state index < -0.39 is 6.10 Å². The summed E-state index contributed by atoms with van der Waals surface area (Å²) in [5, 5.41) is 17.9. The molecule has 2 rings (SSSR count). The summed E-state index contributed by atoms with van der Waals surface area (Å²) in [6.45, 7) is -0.286. The van der Waals surface area contributed by atoms with Crippen molar-refractivity contribution in [3.8, 4) is 16.9 Å². The van der Waals surface area contributed by atoms with Crippen molar-refractivity contribution in [2.45, 2.75) is 6.10 Å². The Labute approximate surface area is 117 Å². The summed E-state index contributed by atoms with van der Waals surface area (Å²) in [6, 6.07) is 14.6. The molecule has 0 saturated heterocycles. The number of hydrogen-bond donors (Lipinski definition) is 2. The van der Waals surface area contributed by atoms with Crippen LogP contribution in [0.5, 0.6) is 5.75 Å². The van der Waals surface area contributed by atoms with E-state index in [0.717, 1.165) is 17.4 Å². The van der Waals surface area contributed by atoms with Crippen molar-refractivity contribution < 1.29 is 19.7 Å². The van der Waals surface area contributed by atoms with Crippen LogP contribution in [-0.2, 0) is 0 Å². The lowest BCUT2D eigenvalue weighted by Gasteiger charge is -2.10. The average Bonchev–Trinajstić information content (AvgIpc) is 2.53. The quantitative estimate of drug-likeness (QED) is 0.788. The Morgan fingerprint density at radius 2 is 1.80 bits per heavy atom. The molecular formula is C16H16O4. The van der Waals surface area contributed by atoms with Gasteiger partial charge in [-0.05, 0) is 23.3 Å². The van der Waals surface area contributed by atoms with Gasteiger partial charge < -0.3 is 14.9 Å². The van der Waals surface area contributed by atoms with Crippen LogP contribution in [0.15, 0.2) is 48.5 Å². The number of aldehydes is 1. The van der Waals surface area contributed by atoms with Crippen LogP contribution in [0, 0.1) is 0 Å². The van der Waals surface area contributed by atoms with Gasteiger partial charge in [0.15, 0.2) is 6.29 Å². The molecule has 4 heteroatoms. The second-order valence-electron chi connectivity index (χ2n) is 4.38. The number of carbonyl (C=O) groups excluding carboxylic acids is 1. The highest BCUT2D eigenvalue weighted by Crippen LogP contribution is 2.24. The fourth-order valence-corrected chi connectivity index (χ4v) is 1.84. The normalized spacial score (nSPS) is 11.9. The van der Waals surface area contributed by atoms with E-state index in [9.17, 15) is 9.90 Å². The molecule has 0 radical (unpaired) electrons. The van der Waals surface area contributed by atoms with Gasteiger partial charge in [0.05, 0.1) is 6.61 Å². The van der Waals surface area contributed by atoms with Crippen LogP contribution in [0.25, 0.3) is 11.1 Å². The summed E-state index contributed by atoms with van der Waals surface area (Å²) >= 11 is 0. The van der Waals surface area contributed by atoms with Crippen LogP contribution in [0.4, 0.5) is 0 Å². The van der Waals surface area contributed by atoms with Crippen LogP contribution in [-0.4, -0.2) is 35.8 Å². The first-order valence-electron chi connectivity index (χ1n) is 6.31. The van der Waals surface area contributed by atoms with Gasteiger partial charge in [-0.3, -0.25) is 4.79 Å².